The number of rotatable bonds is 8. The third-order valence-corrected chi connectivity index (χ3v) is 3.82. The molecule has 1 N–H and O–H groups in total. The molecule has 134 valence electrons. The van der Waals surface area contributed by atoms with Gasteiger partial charge in [0.25, 0.3) is 5.91 Å². The Balaban J connectivity index is 3.06. The van der Waals surface area contributed by atoms with Gasteiger partial charge in [0.1, 0.15) is 16.9 Å². The first-order chi connectivity index (χ1) is 11.3. The normalized spacial score (nSPS) is 13.3. The van der Waals surface area contributed by atoms with Gasteiger partial charge in [-0.25, -0.2) is 4.79 Å². The zero-order valence-electron chi connectivity index (χ0n) is 15.3. The van der Waals surface area contributed by atoms with Crippen LogP contribution in [-0.4, -0.2) is 38.3 Å². The van der Waals surface area contributed by atoms with E-state index in [4.69, 9.17) is 14.2 Å². The number of esters is 1. The molecule has 6 nitrogen and oxygen atoms in total. The largest absolute Gasteiger partial charge is 0.492 e. The van der Waals surface area contributed by atoms with E-state index in [0.717, 1.165) is 0 Å². The average Bonchev–Trinajstić information content (AvgIpc) is 2.58. The summed E-state index contributed by atoms with van der Waals surface area (Å²) in [5.41, 5.74) is -0.182. The second-order valence-electron chi connectivity index (χ2n) is 6.15. The maximum atomic E-state index is 12.4. The van der Waals surface area contributed by atoms with E-state index in [1.54, 1.807) is 25.1 Å². The Morgan fingerprint density at radius 2 is 1.92 bits per heavy atom. The molecule has 0 fully saturated rings. The molecule has 0 saturated carbocycles. The first-order valence-electron chi connectivity index (χ1n) is 7.99. The molecule has 1 rings (SSSR count). The summed E-state index contributed by atoms with van der Waals surface area (Å²) >= 11 is 0. The van der Waals surface area contributed by atoms with Crippen molar-refractivity contribution >= 4 is 17.6 Å². The van der Waals surface area contributed by atoms with Crippen molar-refractivity contribution in [3.8, 4) is 5.75 Å². The smallest absolute Gasteiger partial charge is 0.341 e. The maximum absolute atomic E-state index is 12.4. The molecule has 0 saturated heterocycles. The van der Waals surface area contributed by atoms with Crippen LogP contribution in [-0.2, 0) is 14.3 Å². The van der Waals surface area contributed by atoms with Gasteiger partial charge in [-0.3, -0.25) is 4.79 Å². The number of carbonyl (C=O) groups is 2. The lowest BCUT2D eigenvalue weighted by molar-refractivity contribution is -0.136. The molecule has 0 unspecified atom stereocenters. The van der Waals surface area contributed by atoms with Gasteiger partial charge in [-0.15, -0.1) is 0 Å². The van der Waals surface area contributed by atoms with Crippen molar-refractivity contribution in [2.24, 2.45) is 5.92 Å². The van der Waals surface area contributed by atoms with E-state index in [9.17, 15) is 9.59 Å². The lowest BCUT2D eigenvalue weighted by Crippen LogP contribution is -2.41. The van der Waals surface area contributed by atoms with Gasteiger partial charge in [0.2, 0.25) is 0 Å². The van der Waals surface area contributed by atoms with Gasteiger partial charge in [-0.2, -0.15) is 0 Å². The summed E-state index contributed by atoms with van der Waals surface area (Å²) in [6, 6.07) is 4.89. The molecule has 0 aliphatic carbocycles. The molecule has 0 radical (unpaired) electrons. The van der Waals surface area contributed by atoms with E-state index in [2.05, 4.69) is 5.32 Å². The van der Waals surface area contributed by atoms with Gasteiger partial charge in [0, 0.05) is 12.8 Å². The van der Waals surface area contributed by atoms with Crippen LogP contribution in [0.25, 0.3) is 0 Å². The molecule has 0 spiro atoms. The Labute approximate surface area is 143 Å². The van der Waals surface area contributed by atoms with Crippen LogP contribution in [0.2, 0.25) is 0 Å². The monoisotopic (exact) mass is 337 g/mol. The minimum atomic E-state index is -0.932. The van der Waals surface area contributed by atoms with E-state index >= 15 is 0 Å². The molecule has 0 heterocycles. The van der Waals surface area contributed by atoms with Crippen LogP contribution < -0.4 is 10.1 Å². The van der Waals surface area contributed by atoms with E-state index in [1.807, 2.05) is 20.8 Å². The highest BCUT2D eigenvalue weighted by Gasteiger charge is 2.31. The van der Waals surface area contributed by atoms with E-state index in [0.29, 0.717) is 30.4 Å². The Morgan fingerprint density at radius 1 is 1.25 bits per heavy atom. The van der Waals surface area contributed by atoms with Crippen molar-refractivity contribution < 1.29 is 23.8 Å². The van der Waals surface area contributed by atoms with Crippen LogP contribution in [0.4, 0.5) is 5.69 Å². The van der Waals surface area contributed by atoms with Crippen molar-refractivity contribution in [1.82, 2.24) is 0 Å². The van der Waals surface area contributed by atoms with Crippen LogP contribution in [0.5, 0.6) is 5.75 Å². The lowest BCUT2D eigenvalue weighted by atomic mass is 10.0. The predicted molar refractivity (Wildman–Crippen MR) is 92.4 cm³/mol. The molecule has 1 aromatic rings. The summed E-state index contributed by atoms with van der Waals surface area (Å²) in [5, 5.41) is 2.77. The van der Waals surface area contributed by atoms with Crippen molar-refractivity contribution in [2.45, 2.75) is 39.7 Å². The first-order valence-corrected chi connectivity index (χ1v) is 7.99. The molecule has 1 atom stereocenters. The van der Waals surface area contributed by atoms with Crippen molar-refractivity contribution in [1.29, 1.82) is 0 Å². The molecular formula is C18H27NO5. The summed E-state index contributed by atoms with van der Waals surface area (Å²) in [5.74, 6) is -0.0469. The van der Waals surface area contributed by atoms with Crippen LogP contribution in [0, 0.1) is 5.92 Å². The SMILES string of the molecule is CC[C@@](C)(OC)C(=O)Nc1ccc(OCC(C)C)c(C(=O)OC)c1. The van der Waals surface area contributed by atoms with Gasteiger partial charge in [-0.1, -0.05) is 20.8 Å². The number of benzene rings is 1. The summed E-state index contributed by atoms with van der Waals surface area (Å²) in [7, 11) is 2.80. The summed E-state index contributed by atoms with van der Waals surface area (Å²) in [6.45, 7) is 8.09. The van der Waals surface area contributed by atoms with E-state index in [-0.39, 0.29) is 11.5 Å². The fraction of sp³-hybridized carbons (Fsp3) is 0.556. The van der Waals surface area contributed by atoms with Crippen LogP contribution in [0.3, 0.4) is 0 Å². The van der Waals surface area contributed by atoms with Gasteiger partial charge >= 0.3 is 5.97 Å². The number of anilines is 1. The highest BCUT2D eigenvalue weighted by atomic mass is 16.5. The number of hydrogen-bond acceptors (Lipinski definition) is 5. The number of ether oxygens (including phenoxy) is 3. The summed E-state index contributed by atoms with van der Waals surface area (Å²) < 4.78 is 15.7. The predicted octanol–water partition coefficient (Wildman–Crippen LogP) is 3.26. The number of methoxy groups -OCH3 is 2. The second-order valence-corrected chi connectivity index (χ2v) is 6.15. The van der Waals surface area contributed by atoms with Gasteiger partial charge in [-0.05, 0) is 37.5 Å². The zero-order chi connectivity index (χ0) is 18.3. The Bertz CT molecular complexity index is 579. The van der Waals surface area contributed by atoms with Gasteiger partial charge in [0.15, 0.2) is 0 Å². The fourth-order valence-electron chi connectivity index (χ4n) is 1.92. The molecule has 1 amide bonds. The molecule has 6 heteroatoms. The third kappa shape index (κ3) is 4.96. The number of amides is 1. The van der Waals surface area contributed by atoms with Crippen LogP contribution in [0.1, 0.15) is 44.5 Å². The van der Waals surface area contributed by atoms with Crippen LogP contribution >= 0.6 is 0 Å². The molecule has 0 aliphatic heterocycles. The molecule has 0 aromatic heterocycles. The highest BCUT2D eigenvalue weighted by Crippen LogP contribution is 2.26. The van der Waals surface area contributed by atoms with Gasteiger partial charge < -0.3 is 19.5 Å². The minimum absolute atomic E-state index is 0.270. The van der Waals surface area contributed by atoms with Crippen molar-refractivity contribution in [3.63, 3.8) is 0 Å². The maximum Gasteiger partial charge on any atom is 0.341 e. The fourth-order valence-corrected chi connectivity index (χ4v) is 1.92. The standard InChI is InChI=1S/C18H27NO5/c1-7-18(4,23-6)17(21)19-13-8-9-15(24-11-12(2)3)14(10-13)16(20)22-5/h8-10,12H,7,11H2,1-6H3,(H,19,21)/t18-/m1/s1. The van der Waals surface area contributed by atoms with E-state index in [1.165, 1.54) is 14.2 Å². The average molecular weight is 337 g/mol. The molecule has 1 aromatic carbocycles. The van der Waals surface area contributed by atoms with E-state index < -0.39 is 11.6 Å². The second kappa shape index (κ2) is 8.68. The Morgan fingerprint density at radius 3 is 2.42 bits per heavy atom. The summed E-state index contributed by atoms with van der Waals surface area (Å²) in [4.78, 5) is 24.4. The number of hydrogen-bond donors (Lipinski definition) is 1. The lowest BCUT2D eigenvalue weighted by Gasteiger charge is -2.25. The third-order valence-electron chi connectivity index (χ3n) is 3.82. The number of nitrogens with one attached hydrogen (secondary N) is 1. The van der Waals surface area contributed by atoms with Crippen molar-refractivity contribution in [2.75, 3.05) is 26.1 Å². The Kier molecular flexibility index (Phi) is 7.22. The first kappa shape index (κ1) is 20.0. The zero-order valence-corrected chi connectivity index (χ0v) is 15.3. The molecule has 24 heavy (non-hydrogen) atoms. The number of carbonyl (C=O) groups excluding carboxylic acids is 2. The molecular weight excluding hydrogens is 310 g/mol. The van der Waals surface area contributed by atoms with Crippen LogP contribution in [0.15, 0.2) is 18.2 Å². The molecule has 0 aliphatic rings. The van der Waals surface area contributed by atoms with Crippen molar-refractivity contribution in [3.05, 3.63) is 23.8 Å². The minimum Gasteiger partial charge on any atom is -0.492 e. The Hall–Kier alpha value is -2.08. The van der Waals surface area contributed by atoms with Gasteiger partial charge in [0.05, 0.1) is 13.7 Å². The summed E-state index contributed by atoms with van der Waals surface area (Å²) in [6.07, 6.45) is 0.523. The quantitative estimate of drug-likeness (QED) is 0.737. The highest BCUT2D eigenvalue weighted by molar-refractivity contribution is 5.99. The molecule has 0 bridgehead atoms. The topological polar surface area (TPSA) is 73.9 Å².